The van der Waals surface area contributed by atoms with Gasteiger partial charge in [0.1, 0.15) is 15.8 Å². The molecular formula is C22H27N5O3S2. The minimum absolute atomic E-state index is 0.172. The first-order valence-corrected chi connectivity index (χ1v) is 11.8. The smallest absolute Gasteiger partial charge is 0.267 e. The largest absolute Gasteiger partial charge is 0.385 e. The van der Waals surface area contributed by atoms with Gasteiger partial charge >= 0.3 is 0 Å². The number of carbonyl (C=O) groups is 1. The van der Waals surface area contributed by atoms with Gasteiger partial charge in [0.2, 0.25) is 0 Å². The Balaban J connectivity index is 1.78. The summed E-state index contributed by atoms with van der Waals surface area (Å²) < 4.78 is 7.15. The van der Waals surface area contributed by atoms with Gasteiger partial charge in [0.25, 0.3) is 11.5 Å². The first-order chi connectivity index (χ1) is 15.4. The molecule has 1 amide bonds. The summed E-state index contributed by atoms with van der Waals surface area (Å²) in [7, 11) is 3.71. The molecule has 2 aromatic heterocycles. The molecule has 10 heteroatoms. The Bertz CT molecular complexity index is 1140. The van der Waals surface area contributed by atoms with Crippen LogP contribution in [0.1, 0.15) is 17.5 Å². The number of aromatic nitrogens is 2. The first-order valence-electron chi connectivity index (χ1n) is 10.6. The van der Waals surface area contributed by atoms with Gasteiger partial charge < -0.3 is 14.5 Å². The maximum atomic E-state index is 13.5. The molecule has 8 nitrogen and oxygen atoms in total. The number of thioether (sulfide) groups is 1. The van der Waals surface area contributed by atoms with E-state index in [0.29, 0.717) is 45.8 Å². The van der Waals surface area contributed by atoms with Gasteiger partial charge in [0.15, 0.2) is 0 Å². The number of thiocarbonyl (C=S) groups is 1. The van der Waals surface area contributed by atoms with E-state index in [2.05, 4.69) is 16.8 Å². The van der Waals surface area contributed by atoms with Crippen molar-refractivity contribution >= 4 is 51.7 Å². The van der Waals surface area contributed by atoms with Gasteiger partial charge in [-0.2, -0.15) is 0 Å². The van der Waals surface area contributed by atoms with E-state index in [4.69, 9.17) is 21.9 Å². The molecule has 0 aromatic carbocycles. The number of piperazine rings is 1. The molecule has 0 atom stereocenters. The molecular weight excluding hydrogens is 446 g/mol. The lowest BCUT2D eigenvalue weighted by Crippen LogP contribution is -2.45. The van der Waals surface area contributed by atoms with Gasteiger partial charge in [0.05, 0.1) is 10.5 Å². The molecule has 32 heavy (non-hydrogen) atoms. The van der Waals surface area contributed by atoms with Crippen LogP contribution in [0.25, 0.3) is 11.7 Å². The number of pyridine rings is 1. The summed E-state index contributed by atoms with van der Waals surface area (Å²) in [6, 6.07) is 3.78. The van der Waals surface area contributed by atoms with E-state index in [-0.39, 0.29) is 11.5 Å². The summed E-state index contributed by atoms with van der Waals surface area (Å²) in [6.07, 6.45) is 4.09. The summed E-state index contributed by atoms with van der Waals surface area (Å²) in [5.41, 5.74) is 1.80. The van der Waals surface area contributed by atoms with Crippen molar-refractivity contribution in [2.45, 2.75) is 13.3 Å². The molecule has 2 aromatic rings. The second-order valence-corrected chi connectivity index (χ2v) is 9.68. The minimum Gasteiger partial charge on any atom is -0.385 e. The van der Waals surface area contributed by atoms with Crippen LogP contribution in [-0.2, 0) is 9.53 Å². The van der Waals surface area contributed by atoms with Crippen molar-refractivity contribution in [2.75, 3.05) is 58.4 Å². The minimum atomic E-state index is -0.183. The molecule has 0 radical (unpaired) electrons. The summed E-state index contributed by atoms with van der Waals surface area (Å²) in [6.45, 7) is 6.30. The SMILES string of the molecule is COCCCN1C(=O)/C(=C\c2c(N3CCN(C)CC3)nc3c(C)cccn3c2=O)SC1=S. The molecule has 2 aliphatic rings. The van der Waals surface area contributed by atoms with Gasteiger partial charge in [-0.25, -0.2) is 4.98 Å². The molecule has 0 aliphatic carbocycles. The number of nitrogens with zero attached hydrogens (tertiary/aromatic N) is 5. The molecule has 2 fully saturated rings. The number of rotatable bonds is 6. The highest BCUT2D eigenvalue weighted by atomic mass is 32.2. The van der Waals surface area contributed by atoms with Crippen LogP contribution >= 0.6 is 24.0 Å². The van der Waals surface area contributed by atoms with Crippen LogP contribution in [0, 0.1) is 6.92 Å². The van der Waals surface area contributed by atoms with E-state index in [0.717, 1.165) is 31.7 Å². The lowest BCUT2D eigenvalue weighted by Gasteiger charge is -2.34. The van der Waals surface area contributed by atoms with E-state index >= 15 is 0 Å². The predicted octanol–water partition coefficient (Wildman–Crippen LogP) is 1.99. The van der Waals surface area contributed by atoms with E-state index < -0.39 is 0 Å². The molecule has 170 valence electrons. The van der Waals surface area contributed by atoms with Crippen molar-refractivity contribution in [3.63, 3.8) is 0 Å². The molecule has 4 rings (SSSR count). The number of carbonyl (C=O) groups excluding carboxylic acids is 1. The number of fused-ring (bicyclic) bond motifs is 1. The molecule has 0 unspecified atom stereocenters. The summed E-state index contributed by atoms with van der Waals surface area (Å²) >= 11 is 6.66. The Morgan fingerprint density at radius 3 is 2.72 bits per heavy atom. The van der Waals surface area contributed by atoms with Crippen molar-refractivity contribution in [1.82, 2.24) is 19.2 Å². The second kappa shape index (κ2) is 9.70. The average molecular weight is 474 g/mol. The predicted molar refractivity (Wildman–Crippen MR) is 132 cm³/mol. The van der Waals surface area contributed by atoms with Crippen molar-refractivity contribution in [3.05, 3.63) is 44.7 Å². The Hall–Kier alpha value is -2.27. The lowest BCUT2D eigenvalue weighted by atomic mass is 10.2. The molecule has 0 spiro atoms. The van der Waals surface area contributed by atoms with Crippen molar-refractivity contribution in [3.8, 4) is 0 Å². The van der Waals surface area contributed by atoms with Crippen molar-refractivity contribution in [1.29, 1.82) is 0 Å². The van der Waals surface area contributed by atoms with Crippen LogP contribution in [0.15, 0.2) is 28.0 Å². The number of amides is 1. The summed E-state index contributed by atoms with van der Waals surface area (Å²) in [5.74, 6) is 0.455. The summed E-state index contributed by atoms with van der Waals surface area (Å²) in [4.78, 5) is 37.9. The van der Waals surface area contributed by atoms with Gasteiger partial charge in [-0.1, -0.05) is 30.0 Å². The fourth-order valence-corrected chi connectivity index (χ4v) is 5.17. The van der Waals surface area contributed by atoms with Crippen LogP contribution < -0.4 is 10.5 Å². The molecule has 0 bridgehead atoms. The van der Waals surface area contributed by atoms with Gasteiger partial charge in [-0.3, -0.25) is 18.9 Å². The van der Waals surface area contributed by atoms with E-state index in [1.807, 2.05) is 19.1 Å². The topological polar surface area (TPSA) is 70.4 Å². The Labute approximate surface area is 196 Å². The Morgan fingerprint density at radius 1 is 1.25 bits per heavy atom. The van der Waals surface area contributed by atoms with E-state index in [1.165, 1.54) is 11.8 Å². The maximum absolute atomic E-state index is 13.5. The standard InChI is InChI=1S/C22H27N5O3S2/c1-15-6-4-7-26-18(15)23-19(25-11-9-24(2)10-12-25)16(20(26)28)14-17-21(29)27(22(31)32-17)8-5-13-30-3/h4,6-7,14H,5,8-13H2,1-3H3/b17-14+. The number of aryl methyl sites for hydroxylation is 1. The number of hydrogen-bond acceptors (Lipinski definition) is 8. The van der Waals surface area contributed by atoms with E-state index in [1.54, 1.807) is 28.7 Å². The molecule has 0 saturated carbocycles. The van der Waals surface area contributed by atoms with Crippen LogP contribution in [0.2, 0.25) is 0 Å². The van der Waals surface area contributed by atoms with Gasteiger partial charge in [-0.15, -0.1) is 0 Å². The number of ether oxygens (including phenoxy) is 1. The fraction of sp³-hybridized carbons (Fsp3) is 0.455. The third-order valence-electron chi connectivity index (χ3n) is 5.75. The quantitative estimate of drug-likeness (QED) is 0.359. The molecule has 2 aliphatic heterocycles. The zero-order valence-electron chi connectivity index (χ0n) is 18.5. The first kappa shape index (κ1) is 22.9. The zero-order chi connectivity index (χ0) is 22.8. The maximum Gasteiger partial charge on any atom is 0.267 e. The number of anilines is 1. The normalized spacial score (nSPS) is 19.0. The molecule has 0 N–H and O–H groups in total. The van der Waals surface area contributed by atoms with Crippen LogP contribution in [-0.4, -0.2) is 82.9 Å². The van der Waals surface area contributed by atoms with Crippen molar-refractivity contribution in [2.24, 2.45) is 0 Å². The van der Waals surface area contributed by atoms with Gasteiger partial charge in [0, 0.05) is 52.6 Å². The average Bonchev–Trinajstić information content (AvgIpc) is 3.04. The highest BCUT2D eigenvalue weighted by Crippen LogP contribution is 2.33. The highest BCUT2D eigenvalue weighted by molar-refractivity contribution is 8.26. The van der Waals surface area contributed by atoms with Crippen LogP contribution in [0.3, 0.4) is 0 Å². The Kier molecular flexibility index (Phi) is 6.94. The number of likely N-dealkylation sites (N-methyl/N-ethyl adjacent to an activating group) is 1. The van der Waals surface area contributed by atoms with Crippen molar-refractivity contribution < 1.29 is 9.53 Å². The number of hydrogen-bond donors (Lipinski definition) is 0. The number of methoxy groups -OCH3 is 1. The van der Waals surface area contributed by atoms with Crippen LogP contribution in [0.5, 0.6) is 0 Å². The lowest BCUT2D eigenvalue weighted by molar-refractivity contribution is -0.122. The molecule has 4 heterocycles. The Morgan fingerprint density at radius 2 is 2.00 bits per heavy atom. The highest BCUT2D eigenvalue weighted by Gasteiger charge is 2.32. The van der Waals surface area contributed by atoms with Gasteiger partial charge in [-0.05, 0) is 38.1 Å². The third kappa shape index (κ3) is 4.45. The van der Waals surface area contributed by atoms with E-state index in [9.17, 15) is 9.59 Å². The summed E-state index contributed by atoms with van der Waals surface area (Å²) in [5, 5.41) is 0. The van der Waals surface area contributed by atoms with Crippen LogP contribution in [0.4, 0.5) is 5.82 Å². The second-order valence-electron chi connectivity index (χ2n) is 8.01. The fourth-order valence-electron chi connectivity index (χ4n) is 3.88. The third-order valence-corrected chi connectivity index (χ3v) is 7.12. The zero-order valence-corrected chi connectivity index (χ0v) is 20.2. The molecule has 2 saturated heterocycles. The monoisotopic (exact) mass is 473 g/mol.